The molecule has 4 aromatic rings. The van der Waals surface area contributed by atoms with Gasteiger partial charge in [-0.15, -0.1) is 0 Å². The first kappa shape index (κ1) is 15.0. The van der Waals surface area contributed by atoms with Crippen molar-refractivity contribution >= 4 is 10.9 Å². The summed E-state index contributed by atoms with van der Waals surface area (Å²) >= 11 is 0. The normalized spacial score (nSPS) is 10.9. The zero-order valence-corrected chi connectivity index (χ0v) is 13.5. The smallest absolute Gasteiger partial charge is 0.342 e. The number of hydrogen-bond acceptors (Lipinski definition) is 4. The first-order valence-electron chi connectivity index (χ1n) is 7.79. The van der Waals surface area contributed by atoms with Crippen molar-refractivity contribution in [3.8, 4) is 17.5 Å². The second kappa shape index (κ2) is 5.80. The number of aromatic nitrogens is 3. The second-order valence-corrected chi connectivity index (χ2v) is 5.95. The van der Waals surface area contributed by atoms with Crippen LogP contribution in [-0.4, -0.2) is 14.7 Å². The highest BCUT2D eigenvalue weighted by Crippen LogP contribution is 2.26. The molecule has 0 saturated carbocycles. The second-order valence-electron chi connectivity index (χ2n) is 5.95. The Morgan fingerprint density at radius 3 is 2.88 bits per heavy atom. The van der Waals surface area contributed by atoms with Crippen LogP contribution in [0.2, 0.25) is 0 Å². The summed E-state index contributed by atoms with van der Waals surface area (Å²) in [5, 5.41) is 14.0. The van der Waals surface area contributed by atoms with E-state index in [1.165, 1.54) is 11.1 Å². The average molecular weight is 330 g/mol. The zero-order valence-electron chi connectivity index (χ0n) is 13.5. The van der Waals surface area contributed by atoms with E-state index in [0.717, 1.165) is 10.9 Å². The number of hydrogen-bond donors (Lipinski definition) is 1. The summed E-state index contributed by atoms with van der Waals surface area (Å²) in [4.78, 5) is 13.7. The lowest BCUT2D eigenvalue weighted by molar-refractivity contribution is 0.388. The summed E-state index contributed by atoms with van der Waals surface area (Å²) in [5.41, 5.74) is 4.60. The molecule has 0 atom stereocenters. The number of fused-ring (bicyclic) bond motifs is 1. The molecule has 0 amide bonds. The summed E-state index contributed by atoms with van der Waals surface area (Å²) in [6.45, 7) is 2.74. The van der Waals surface area contributed by atoms with E-state index in [1.807, 2.05) is 30.5 Å². The van der Waals surface area contributed by atoms with E-state index in [2.05, 4.69) is 50.4 Å². The molecule has 0 aliphatic heterocycles. The molecule has 4 rings (SSSR count). The van der Waals surface area contributed by atoms with Gasteiger partial charge in [-0.2, -0.15) is 5.26 Å². The van der Waals surface area contributed by atoms with Crippen molar-refractivity contribution in [2.45, 2.75) is 13.5 Å². The molecule has 0 radical (unpaired) electrons. The van der Waals surface area contributed by atoms with E-state index in [9.17, 15) is 10.1 Å². The summed E-state index contributed by atoms with van der Waals surface area (Å²) in [5.74, 6) is -0.255. The topological polar surface area (TPSA) is 87.6 Å². The fourth-order valence-corrected chi connectivity index (χ4v) is 3.03. The third kappa shape index (κ3) is 2.72. The Morgan fingerprint density at radius 2 is 2.16 bits per heavy atom. The van der Waals surface area contributed by atoms with Crippen LogP contribution in [0.1, 0.15) is 16.7 Å². The first-order valence-corrected chi connectivity index (χ1v) is 7.79. The van der Waals surface area contributed by atoms with Crippen LogP contribution in [0.4, 0.5) is 0 Å². The van der Waals surface area contributed by atoms with Gasteiger partial charge in [0.2, 0.25) is 0 Å². The van der Waals surface area contributed by atoms with E-state index in [-0.39, 0.29) is 0 Å². The summed E-state index contributed by atoms with van der Waals surface area (Å²) in [6, 6.07) is 16.1. The number of nitrogens with one attached hydrogen (secondary N) is 1. The SMILES string of the molecule is Cc1cccc(Cn2cc(C#N)c3cc(-c4noc(=O)[nH]4)ccc32)c1. The molecular weight excluding hydrogens is 316 g/mol. The minimum Gasteiger partial charge on any atom is -0.342 e. The molecule has 1 N–H and O–H groups in total. The standard InChI is InChI=1S/C19H14N4O2/c1-12-3-2-4-13(7-12)10-23-11-15(9-20)16-8-14(5-6-17(16)23)18-21-19(24)25-22-18/h2-8,11H,10H2,1H3,(H,21,22,24). The molecule has 122 valence electrons. The molecule has 0 aliphatic carbocycles. The van der Waals surface area contributed by atoms with E-state index in [1.54, 1.807) is 0 Å². The number of nitriles is 1. The van der Waals surface area contributed by atoms with Crippen LogP contribution in [-0.2, 0) is 6.54 Å². The Morgan fingerprint density at radius 1 is 1.28 bits per heavy atom. The number of benzene rings is 2. The third-order valence-electron chi connectivity index (χ3n) is 4.15. The average Bonchev–Trinajstić information content (AvgIpc) is 3.18. The molecule has 6 nitrogen and oxygen atoms in total. The number of aromatic amines is 1. The van der Waals surface area contributed by atoms with Crippen molar-refractivity contribution < 1.29 is 4.52 Å². The molecule has 0 fully saturated rings. The van der Waals surface area contributed by atoms with Crippen LogP contribution in [0.3, 0.4) is 0 Å². The van der Waals surface area contributed by atoms with Gasteiger partial charge in [0.25, 0.3) is 0 Å². The Labute approximate surface area is 142 Å². The predicted molar refractivity (Wildman–Crippen MR) is 93.1 cm³/mol. The lowest BCUT2D eigenvalue weighted by Gasteiger charge is -2.07. The van der Waals surface area contributed by atoms with Gasteiger partial charge in [0, 0.05) is 29.2 Å². The Kier molecular flexibility index (Phi) is 3.47. The Bertz CT molecular complexity index is 1170. The summed E-state index contributed by atoms with van der Waals surface area (Å²) in [7, 11) is 0. The first-order chi connectivity index (χ1) is 12.1. The lowest BCUT2D eigenvalue weighted by Crippen LogP contribution is -1.98. The van der Waals surface area contributed by atoms with Gasteiger partial charge < -0.3 is 4.57 Å². The van der Waals surface area contributed by atoms with Gasteiger partial charge >= 0.3 is 5.76 Å². The van der Waals surface area contributed by atoms with Crippen LogP contribution in [0.15, 0.2) is 58.0 Å². The molecular formula is C19H14N4O2. The maximum absolute atomic E-state index is 11.1. The van der Waals surface area contributed by atoms with Crippen molar-refractivity contribution in [3.05, 3.63) is 75.9 Å². The predicted octanol–water partition coefficient (Wildman–Crippen LogP) is 3.21. The van der Waals surface area contributed by atoms with Crippen LogP contribution >= 0.6 is 0 Å². The van der Waals surface area contributed by atoms with Gasteiger partial charge in [0.05, 0.1) is 5.56 Å². The van der Waals surface area contributed by atoms with Gasteiger partial charge in [-0.05, 0) is 30.7 Å². The van der Waals surface area contributed by atoms with Gasteiger partial charge in [0.15, 0.2) is 5.82 Å². The van der Waals surface area contributed by atoms with Crippen molar-refractivity contribution in [1.82, 2.24) is 14.7 Å². The van der Waals surface area contributed by atoms with Gasteiger partial charge in [-0.25, -0.2) is 4.79 Å². The fraction of sp³-hybridized carbons (Fsp3) is 0.105. The number of rotatable bonds is 3. The van der Waals surface area contributed by atoms with Crippen LogP contribution in [0.25, 0.3) is 22.3 Å². The highest BCUT2D eigenvalue weighted by atomic mass is 16.5. The maximum Gasteiger partial charge on any atom is 0.439 e. The van der Waals surface area contributed by atoms with Crippen LogP contribution < -0.4 is 5.76 Å². The fourth-order valence-electron chi connectivity index (χ4n) is 3.03. The molecule has 2 heterocycles. The molecule has 0 saturated heterocycles. The maximum atomic E-state index is 11.1. The number of nitrogens with zero attached hydrogens (tertiary/aromatic N) is 3. The van der Waals surface area contributed by atoms with Crippen LogP contribution in [0, 0.1) is 18.3 Å². The zero-order chi connectivity index (χ0) is 17.4. The van der Waals surface area contributed by atoms with Crippen molar-refractivity contribution in [1.29, 1.82) is 5.26 Å². The van der Waals surface area contributed by atoms with Crippen molar-refractivity contribution in [2.75, 3.05) is 0 Å². The van der Waals surface area contributed by atoms with E-state index >= 15 is 0 Å². The van der Waals surface area contributed by atoms with Crippen molar-refractivity contribution in [2.24, 2.45) is 0 Å². The third-order valence-corrected chi connectivity index (χ3v) is 4.15. The van der Waals surface area contributed by atoms with E-state index in [0.29, 0.717) is 23.5 Å². The minimum absolute atomic E-state index is 0.349. The molecule has 0 bridgehead atoms. The van der Waals surface area contributed by atoms with Crippen molar-refractivity contribution in [3.63, 3.8) is 0 Å². The van der Waals surface area contributed by atoms with Gasteiger partial charge in [-0.3, -0.25) is 9.51 Å². The van der Waals surface area contributed by atoms with E-state index < -0.39 is 5.76 Å². The molecule has 25 heavy (non-hydrogen) atoms. The van der Waals surface area contributed by atoms with Gasteiger partial charge in [-0.1, -0.05) is 35.0 Å². The highest BCUT2D eigenvalue weighted by molar-refractivity contribution is 5.89. The summed E-state index contributed by atoms with van der Waals surface area (Å²) < 4.78 is 6.61. The van der Waals surface area contributed by atoms with E-state index in [4.69, 9.17) is 0 Å². The monoisotopic (exact) mass is 330 g/mol. The molecule has 0 aliphatic rings. The minimum atomic E-state index is -0.604. The Hall–Kier alpha value is -3.59. The molecule has 0 unspecified atom stereocenters. The number of H-pyrrole nitrogens is 1. The molecule has 2 aromatic heterocycles. The number of aryl methyl sites for hydroxylation is 1. The quantitative estimate of drug-likeness (QED) is 0.625. The summed E-state index contributed by atoms with van der Waals surface area (Å²) in [6.07, 6.45) is 1.85. The van der Waals surface area contributed by atoms with Crippen LogP contribution in [0.5, 0.6) is 0 Å². The Balaban J connectivity index is 1.81. The molecule has 2 aromatic carbocycles. The largest absolute Gasteiger partial charge is 0.439 e. The van der Waals surface area contributed by atoms with Gasteiger partial charge in [0.1, 0.15) is 6.07 Å². The molecule has 0 spiro atoms. The molecule has 6 heteroatoms. The lowest BCUT2D eigenvalue weighted by atomic mass is 10.1. The highest BCUT2D eigenvalue weighted by Gasteiger charge is 2.12.